The molecular formula is C19H18ClN3O4S. The molecule has 0 radical (unpaired) electrons. The Morgan fingerprint density at radius 1 is 1.11 bits per heavy atom. The summed E-state index contributed by atoms with van der Waals surface area (Å²) in [6.07, 6.45) is 0. The molecule has 146 valence electrons. The minimum Gasteiger partial charge on any atom is -0.497 e. The van der Waals surface area contributed by atoms with Gasteiger partial charge in [0, 0.05) is 23.8 Å². The molecule has 1 aromatic heterocycles. The highest BCUT2D eigenvalue weighted by Gasteiger charge is 2.21. The summed E-state index contributed by atoms with van der Waals surface area (Å²) in [5.41, 5.74) is 1.34. The topological polar surface area (TPSA) is 90.3 Å². The van der Waals surface area contributed by atoms with Crippen LogP contribution in [0.3, 0.4) is 0 Å². The molecule has 1 heterocycles. The predicted molar refractivity (Wildman–Crippen MR) is 106 cm³/mol. The van der Waals surface area contributed by atoms with Gasteiger partial charge in [-0.3, -0.25) is 9.48 Å². The third kappa shape index (κ3) is 4.02. The monoisotopic (exact) mass is 419 g/mol. The molecule has 3 aromatic rings. The standard InChI is InChI=1S/C19H18ClN3O4S/c1-12-8-18(23(2)22-12)19(24)21-14-9-15(27-3)11-17(10-14)28(25,26)16-6-4-13(20)5-7-16/h4-11H,1-3H3,(H,21,24). The van der Waals surface area contributed by atoms with Crippen LogP contribution < -0.4 is 10.1 Å². The largest absolute Gasteiger partial charge is 0.497 e. The first-order valence-corrected chi connectivity index (χ1v) is 10.1. The Bertz CT molecular complexity index is 1140. The molecule has 0 aliphatic carbocycles. The van der Waals surface area contributed by atoms with Crippen molar-refractivity contribution in [2.45, 2.75) is 16.7 Å². The number of halogens is 1. The van der Waals surface area contributed by atoms with Crippen LogP contribution in [0.1, 0.15) is 16.2 Å². The molecule has 0 unspecified atom stereocenters. The SMILES string of the molecule is COc1cc(NC(=O)c2cc(C)nn2C)cc(S(=O)(=O)c2ccc(Cl)cc2)c1. The molecule has 0 bridgehead atoms. The second-order valence-electron chi connectivity index (χ2n) is 6.10. The van der Waals surface area contributed by atoms with E-state index in [-0.39, 0.29) is 15.5 Å². The van der Waals surface area contributed by atoms with Crippen LogP contribution in [0.25, 0.3) is 0 Å². The molecule has 0 atom stereocenters. The third-order valence-electron chi connectivity index (χ3n) is 4.04. The lowest BCUT2D eigenvalue weighted by molar-refractivity contribution is 0.101. The van der Waals surface area contributed by atoms with Crippen LogP contribution in [0, 0.1) is 6.92 Å². The lowest BCUT2D eigenvalue weighted by Crippen LogP contribution is -2.16. The Morgan fingerprint density at radius 3 is 2.36 bits per heavy atom. The molecule has 0 saturated heterocycles. The van der Waals surface area contributed by atoms with E-state index in [0.717, 1.165) is 0 Å². The number of hydrogen-bond acceptors (Lipinski definition) is 5. The quantitative estimate of drug-likeness (QED) is 0.683. The summed E-state index contributed by atoms with van der Waals surface area (Å²) in [6, 6.07) is 11.8. The Balaban J connectivity index is 1.99. The number of sulfone groups is 1. The number of amides is 1. The van der Waals surface area contributed by atoms with E-state index < -0.39 is 15.7 Å². The molecule has 2 aromatic carbocycles. The van der Waals surface area contributed by atoms with E-state index in [1.807, 2.05) is 0 Å². The number of aromatic nitrogens is 2. The van der Waals surface area contributed by atoms with E-state index in [2.05, 4.69) is 10.4 Å². The number of carbonyl (C=O) groups is 1. The second kappa shape index (κ2) is 7.65. The minimum atomic E-state index is -3.82. The first-order valence-electron chi connectivity index (χ1n) is 8.22. The fraction of sp³-hybridized carbons (Fsp3) is 0.158. The van der Waals surface area contributed by atoms with Gasteiger partial charge in [0.15, 0.2) is 0 Å². The molecular weight excluding hydrogens is 402 g/mol. The summed E-state index contributed by atoms with van der Waals surface area (Å²) in [7, 11) is -0.745. The molecule has 0 fully saturated rings. The summed E-state index contributed by atoms with van der Waals surface area (Å²) >= 11 is 5.84. The van der Waals surface area contributed by atoms with Crippen molar-refractivity contribution in [1.29, 1.82) is 0 Å². The number of ether oxygens (including phenoxy) is 1. The van der Waals surface area contributed by atoms with Gasteiger partial charge in [-0.15, -0.1) is 0 Å². The Morgan fingerprint density at radius 2 is 1.79 bits per heavy atom. The summed E-state index contributed by atoms with van der Waals surface area (Å²) in [4.78, 5) is 12.6. The Hall–Kier alpha value is -2.84. The number of anilines is 1. The molecule has 1 N–H and O–H groups in total. The van der Waals surface area contributed by atoms with Crippen molar-refractivity contribution in [3.8, 4) is 5.75 Å². The highest BCUT2D eigenvalue weighted by molar-refractivity contribution is 7.91. The molecule has 0 spiro atoms. The predicted octanol–water partition coefficient (Wildman–Crippen LogP) is 3.48. The zero-order chi connectivity index (χ0) is 20.5. The molecule has 0 saturated carbocycles. The van der Waals surface area contributed by atoms with E-state index >= 15 is 0 Å². The van der Waals surface area contributed by atoms with Crippen LogP contribution in [0.5, 0.6) is 5.75 Å². The van der Waals surface area contributed by atoms with Crippen LogP contribution in [0.2, 0.25) is 5.02 Å². The number of hydrogen-bond donors (Lipinski definition) is 1. The fourth-order valence-electron chi connectivity index (χ4n) is 2.68. The zero-order valence-electron chi connectivity index (χ0n) is 15.4. The molecule has 7 nitrogen and oxygen atoms in total. The van der Waals surface area contributed by atoms with Crippen LogP contribution in [-0.4, -0.2) is 31.2 Å². The van der Waals surface area contributed by atoms with E-state index in [4.69, 9.17) is 16.3 Å². The van der Waals surface area contributed by atoms with Gasteiger partial charge in [0.1, 0.15) is 11.4 Å². The first kappa shape index (κ1) is 19.9. The maximum Gasteiger partial charge on any atom is 0.273 e. The van der Waals surface area contributed by atoms with Gasteiger partial charge in [-0.1, -0.05) is 11.6 Å². The normalized spacial score (nSPS) is 11.3. The van der Waals surface area contributed by atoms with Gasteiger partial charge in [-0.05, 0) is 49.4 Å². The second-order valence-corrected chi connectivity index (χ2v) is 8.49. The maximum atomic E-state index is 13.0. The number of carbonyl (C=O) groups excluding carboxylic acids is 1. The first-order chi connectivity index (χ1) is 13.2. The summed E-state index contributed by atoms with van der Waals surface area (Å²) < 4.78 is 32.6. The molecule has 1 amide bonds. The van der Waals surface area contributed by atoms with Gasteiger partial charge >= 0.3 is 0 Å². The van der Waals surface area contributed by atoms with Crippen LogP contribution >= 0.6 is 11.6 Å². The van der Waals surface area contributed by atoms with Crippen molar-refractivity contribution in [3.05, 3.63) is 64.9 Å². The number of benzene rings is 2. The summed E-state index contributed by atoms with van der Waals surface area (Å²) in [5.74, 6) is -0.113. The zero-order valence-corrected chi connectivity index (χ0v) is 17.0. The van der Waals surface area contributed by atoms with E-state index in [1.165, 1.54) is 48.2 Å². The van der Waals surface area contributed by atoms with Crippen molar-refractivity contribution in [2.75, 3.05) is 12.4 Å². The molecule has 28 heavy (non-hydrogen) atoms. The molecule has 0 aliphatic heterocycles. The van der Waals surface area contributed by atoms with Crippen molar-refractivity contribution in [1.82, 2.24) is 9.78 Å². The fourth-order valence-corrected chi connectivity index (χ4v) is 4.13. The highest BCUT2D eigenvalue weighted by atomic mass is 35.5. The molecule has 9 heteroatoms. The number of methoxy groups -OCH3 is 1. The van der Waals surface area contributed by atoms with E-state index in [9.17, 15) is 13.2 Å². The molecule has 3 rings (SSSR count). The number of rotatable bonds is 5. The average molecular weight is 420 g/mol. The summed E-state index contributed by atoms with van der Waals surface area (Å²) in [6.45, 7) is 1.78. The van der Waals surface area contributed by atoms with Gasteiger partial charge in [-0.2, -0.15) is 5.10 Å². The number of aryl methyl sites for hydroxylation is 2. The smallest absolute Gasteiger partial charge is 0.273 e. The lowest BCUT2D eigenvalue weighted by atomic mass is 10.2. The Labute approximate surface area is 167 Å². The van der Waals surface area contributed by atoms with Gasteiger partial charge in [0.25, 0.3) is 5.91 Å². The maximum absolute atomic E-state index is 13.0. The van der Waals surface area contributed by atoms with Crippen molar-refractivity contribution in [2.24, 2.45) is 7.05 Å². The lowest BCUT2D eigenvalue weighted by Gasteiger charge is -2.11. The van der Waals surface area contributed by atoms with Gasteiger partial charge < -0.3 is 10.1 Å². The highest BCUT2D eigenvalue weighted by Crippen LogP contribution is 2.29. The van der Waals surface area contributed by atoms with Gasteiger partial charge in [-0.25, -0.2) is 8.42 Å². The molecule has 0 aliphatic rings. The summed E-state index contributed by atoms with van der Waals surface area (Å²) in [5, 5.41) is 7.26. The van der Waals surface area contributed by atoms with Crippen molar-refractivity contribution >= 4 is 33.0 Å². The van der Waals surface area contributed by atoms with Gasteiger partial charge in [0.05, 0.1) is 22.6 Å². The van der Waals surface area contributed by atoms with Gasteiger partial charge in [0.2, 0.25) is 9.84 Å². The number of nitrogens with zero attached hydrogens (tertiary/aromatic N) is 2. The van der Waals surface area contributed by atoms with Crippen molar-refractivity contribution in [3.63, 3.8) is 0 Å². The van der Waals surface area contributed by atoms with Crippen molar-refractivity contribution < 1.29 is 17.9 Å². The minimum absolute atomic E-state index is 0.00865. The Kier molecular flexibility index (Phi) is 5.44. The van der Waals surface area contributed by atoms with Crippen LogP contribution in [0.4, 0.5) is 5.69 Å². The van der Waals surface area contributed by atoms with Crippen LogP contribution in [-0.2, 0) is 16.9 Å². The van der Waals surface area contributed by atoms with E-state index in [0.29, 0.717) is 22.2 Å². The number of nitrogens with one attached hydrogen (secondary N) is 1. The average Bonchev–Trinajstić information content (AvgIpc) is 3.00. The van der Waals surface area contributed by atoms with Crippen LogP contribution in [0.15, 0.2) is 58.3 Å². The van der Waals surface area contributed by atoms with E-state index in [1.54, 1.807) is 26.1 Å². The third-order valence-corrected chi connectivity index (χ3v) is 6.04.